The number of hydrogen-bond acceptors (Lipinski definition) is 2. The van der Waals surface area contributed by atoms with Gasteiger partial charge in [-0.25, -0.2) is 0 Å². The van der Waals surface area contributed by atoms with E-state index in [1.165, 1.54) is 12.3 Å². The summed E-state index contributed by atoms with van der Waals surface area (Å²) in [5.74, 6) is 0.141. The van der Waals surface area contributed by atoms with Gasteiger partial charge in [-0.15, -0.1) is 0 Å². The summed E-state index contributed by atoms with van der Waals surface area (Å²) in [4.78, 5) is 10.6. The van der Waals surface area contributed by atoms with E-state index in [2.05, 4.69) is 0 Å². The van der Waals surface area contributed by atoms with Crippen LogP contribution in [0.1, 0.15) is 13.8 Å². The molecular formula is C6H11NO. The molecule has 0 aromatic carbocycles. The van der Waals surface area contributed by atoms with Crippen LogP contribution in [0.15, 0.2) is 12.3 Å². The Bertz CT molecular complexity index is 105. The summed E-state index contributed by atoms with van der Waals surface area (Å²) >= 11 is 0. The van der Waals surface area contributed by atoms with Crippen molar-refractivity contribution in [1.29, 1.82) is 0 Å². The number of hydrogen-bond donors (Lipinski definition) is 1. The third-order valence-electron chi connectivity index (χ3n) is 0.830. The molecule has 0 rings (SSSR count). The van der Waals surface area contributed by atoms with Gasteiger partial charge in [0.05, 0.1) is 0 Å². The molecule has 2 N–H and O–H groups in total. The highest BCUT2D eigenvalue weighted by Gasteiger charge is 1.99. The van der Waals surface area contributed by atoms with Crippen molar-refractivity contribution in [1.82, 2.24) is 0 Å². The SMILES string of the molecule is CC(C)C(=O)C=CN. The first-order chi connectivity index (χ1) is 3.68. The van der Waals surface area contributed by atoms with E-state index >= 15 is 0 Å². The molecule has 2 nitrogen and oxygen atoms in total. The van der Waals surface area contributed by atoms with E-state index in [1.807, 2.05) is 13.8 Å². The molecule has 46 valence electrons. The number of rotatable bonds is 2. The zero-order valence-corrected chi connectivity index (χ0v) is 5.22. The quantitative estimate of drug-likeness (QED) is 0.535. The van der Waals surface area contributed by atoms with Gasteiger partial charge in [-0.1, -0.05) is 13.8 Å². The van der Waals surface area contributed by atoms with E-state index in [0.717, 1.165) is 0 Å². The maximum absolute atomic E-state index is 10.6. The molecule has 0 spiro atoms. The van der Waals surface area contributed by atoms with Crippen molar-refractivity contribution >= 4 is 5.78 Å². The van der Waals surface area contributed by atoms with E-state index in [0.29, 0.717) is 0 Å². The van der Waals surface area contributed by atoms with Gasteiger partial charge in [0.15, 0.2) is 5.78 Å². The van der Waals surface area contributed by atoms with Gasteiger partial charge in [0.25, 0.3) is 0 Å². The average molecular weight is 113 g/mol. The second kappa shape index (κ2) is 3.24. The van der Waals surface area contributed by atoms with Gasteiger partial charge in [-0.05, 0) is 12.3 Å². The van der Waals surface area contributed by atoms with E-state index in [4.69, 9.17) is 5.73 Å². The minimum atomic E-state index is 0.0646. The molecule has 0 atom stereocenters. The molecule has 0 aliphatic rings. The van der Waals surface area contributed by atoms with Crippen molar-refractivity contribution in [3.05, 3.63) is 12.3 Å². The first kappa shape index (κ1) is 7.21. The molecule has 0 fully saturated rings. The zero-order valence-electron chi connectivity index (χ0n) is 5.22. The largest absolute Gasteiger partial charge is 0.404 e. The first-order valence-electron chi connectivity index (χ1n) is 2.60. The van der Waals surface area contributed by atoms with Crippen LogP contribution in [0.25, 0.3) is 0 Å². The zero-order chi connectivity index (χ0) is 6.57. The van der Waals surface area contributed by atoms with Crippen molar-refractivity contribution in [2.75, 3.05) is 0 Å². The highest BCUT2D eigenvalue weighted by Crippen LogP contribution is 1.93. The predicted octanol–water partition coefficient (Wildman–Crippen LogP) is 0.684. The van der Waals surface area contributed by atoms with Crippen LogP contribution in [-0.4, -0.2) is 5.78 Å². The monoisotopic (exact) mass is 113 g/mol. The number of carbonyl (C=O) groups is 1. The van der Waals surface area contributed by atoms with Crippen molar-refractivity contribution in [3.63, 3.8) is 0 Å². The molecule has 0 saturated carbocycles. The standard InChI is InChI=1S/C6H11NO/c1-5(2)6(8)3-4-7/h3-5H,7H2,1-2H3. The normalized spacial score (nSPS) is 10.9. The molecule has 0 aromatic heterocycles. The highest BCUT2D eigenvalue weighted by molar-refractivity contribution is 5.90. The van der Waals surface area contributed by atoms with Crippen molar-refractivity contribution in [2.45, 2.75) is 13.8 Å². The summed E-state index contributed by atoms with van der Waals surface area (Å²) in [6.45, 7) is 3.67. The fraction of sp³-hybridized carbons (Fsp3) is 0.500. The summed E-state index contributed by atoms with van der Waals surface area (Å²) in [6, 6.07) is 0. The molecule has 0 amide bonds. The third kappa shape index (κ3) is 2.39. The second-order valence-electron chi connectivity index (χ2n) is 1.92. The Hall–Kier alpha value is -0.790. The van der Waals surface area contributed by atoms with Crippen LogP contribution in [0.3, 0.4) is 0 Å². The highest BCUT2D eigenvalue weighted by atomic mass is 16.1. The van der Waals surface area contributed by atoms with Crippen LogP contribution in [0.5, 0.6) is 0 Å². The number of ketones is 1. The second-order valence-corrected chi connectivity index (χ2v) is 1.92. The number of carbonyl (C=O) groups excluding carboxylic acids is 1. The Morgan fingerprint density at radius 2 is 2.12 bits per heavy atom. The average Bonchev–Trinajstić information content (AvgIpc) is 1.67. The topological polar surface area (TPSA) is 43.1 Å². The van der Waals surface area contributed by atoms with Gasteiger partial charge in [0.2, 0.25) is 0 Å². The molecular weight excluding hydrogens is 102 g/mol. The molecule has 0 bridgehead atoms. The maximum atomic E-state index is 10.6. The number of nitrogens with two attached hydrogens (primary N) is 1. The predicted molar refractivity (Wildman–Crippen MR) is 33.2 cm³/mol. The van der Waals surface area contributed by atoms with Crippen LogP contribution in [0.2, 0.25) is 0 Å². The van der Waals surface area contributed by atoms with Gasteiger partial charge in [-0.2, -0.15) is 0 Å². The Labute approximate surface area is 49.4 Å². The van der Waals surface area contributed by atoms with Gasteiger partial charge in [0.1, 0.15) is 0 Å². The summed E-state index contributed by atoms with van der Waals surface area (Å²) < 4.78 is 0. The van der Waals surface area contributed by atoms with Crippen LogP contribution >= 0.6 is 0 Å². The minimum Gasteiger partial charge on any atom is -0.404 e. The fourth-order valence-electron chi connectivity index (χ4n) is 0.287. The molecule has 8 heavy (non-hydrogen) atoms. The van der Waals surface area contributed by atoms with E-state index in [9.17, 15) is 4.79 Å². The Balaban J connectivity index is 3.66. The Morgan fingerprint density at radius 3 is 2.25 bits per heavy atom. The Morgan fingerprint density at radius 1 is 1.62 bits per heavy atom. The summed E-state index contributed by atoms with van der Waals surface area (Å²) in [6.07, 6.45) is 2.65. The maximum Gasteiger partial charge on any atom is 0.159 e. The molecule has 0 saturated heterocycles. The van der Waals surface area contributed by atoms with Crippen LogP contribution in [0, 0.1) is 5.92 Å². The third-order valence-corrected chi connectivity index (χ3v) is 0.830. The van der Waals surface area contributed by atoms with Crippen LogP contribution < -0.4 is 5.73 Å². The summed E-state index contributed by atoms with van der Waals surface area (Å²) in [5, 5.41) is 0. The van der Waals surface area contributed by atoms with Crippen molar-refractivity contribution in [2.24, 2.45) is 11.7 Å². The first-order valence-corrected chi connectivity index (χ1v) is 2.60. The lowest BCUT2D eigenvalue weighted by atomic mass is 10.1. The van der Waals surface area contributed by atoms with Crippen molar-refractivity contribution in [3.8, 4) is 0 Å². The van der Waals surface area contributed by atoms with E-state index < -0.39 is 0 Å². The smallest absolute Gasteiger partial charge is 0.159 e. The molecule has 0 aromatic rings. The summed E-state index contributed by atoms with van der Waals surface area (Å²) in [7, 11) is 0. The fourth-order valence-corrected chi connectivity index (χ4v) is 0.287. The lowest BCUT2D eigenvalue weighted by Crippen LogP contribution is -2.02. The lowest BCUT2D eigenvalue weighted by Gasteiger charge is -1.93. The van der Waals surface area contributed by atoms with Gasteiger partial charge in [-0.3, -0.25) is 4.79 Å². The molecule has 2 heteroatoms. The molecule has 0 radical (unpaired) electrons. The molecule has 0 aliphatic heterocycles. The van der Waals surface area contributed by atoms with E-state index in [-0.39, 0.29) is 11.7 Å². The van der Waals surface area contributed by atoms with Crippen LogP contribution in [0.4, 0.5) is 0 Å². The molecule has 0 unspecified atom stereocenters. The van der Waals surface area contributed by atoms with E-state index in [1.54, 1.807) is 0 Å². The molecule has 0 heterocycles. The number of allylic oxidation sites excluding steroid dienone is 1. The lowest BCUT2D eigenvalue weighted by molar-refractivity contribution is -0.117. The van der Waals surface area contributed by atoms with Crippen molar-refractivity contribution < 1.29 is 4.79 Å². The molecule has 0 aliphatic carbocycles. The van der Waals surface area contributed by atoms with Crippen LogP contribution in [-0.2, 0) is 4.79 Å². The van der Waals surface area contributed by atoms with Gasteiger partial charge in [0, 0.05) is 5.92 Å². The Kier molecular flexibility index (Phi) is 2.92. The van der Waals surface area contributed by atoms with Gasteiger partial charge >= 0.3 is 0 Å². The summed E-state index contributed by atoms with van der Waals surface area (Å²) in [5.41, 5.74) is 4.97. The van der Waals surface area contributed by atoms with Gasteiger partial charge < -0.3 is 5.73 Å². The minimum absolute atomic E-state index is 0.0646.